The van der Waals surface area contributed by atoms with Crippen molar-refractivity contribution in [2.24, 2.45) is 5.73 Å². The van der Waals surface area contributed by atoms with Crippen LogP contribution < -0.4 is 11.1 Å². The normalized spacial score (nSPS) is 13.5. The Hall–Kier alpha value is -3.71. The summed E-state index contributed by atoms with van der Waals surface area (Å²) in [5.41, 5.74) is 12.0. The first kappa shape index (κ1) is 20.2. The van der Waals surface area contributed by atoms with Crippen molar-refractivity contribution in [1.29, 1.82) is 0 Å². The lowest BCUT2D eigenvalue weighted by molar-refractivity contribution is 0.0994. The van der Waals surface area contributed by atoms with Crippen LogP contribution in [0.5, 0.6) is 0 Å². The Morgan fingerprint density at radius 1 is 1.16 bits per heavy atom. The van der Waals surface area contributed by atoms with Crippen LogP contribution in [0.4, 0.5) is 5.82 Å². The van der Waals surface area contributed by atoms with Gasteiger partial charge >= 0.3 is 0 Å². The number of hydrogen-bond acceptors (Lipinski definition) is 5. The summed E-state index contributed by atoms with van der Waals surface area (Å²) in [7, 11) is 0. The Morgan fingerprint density at radius 3 is 2.81 bits per heavy atom. The van der Waals surface area contributed by atoms with Crippen LogP contribution in [-0.2, 0) is 24.3 Å². The van der Waals surface area contributed by atoms with E-state index in [1.165, 1.54) is 5.56 Å². The number of hydrogen-bond donors (Lipinski definition) is 2. The molecule has 1 amide bonds. The molecule has 0 bridgehead atoms. The van der Waals surface area contributed by atoms with Gasteiger partial charge in [-0.15, -0.1) is 0 Å². The molecule has 4 heterocycles. The van der Waals surface area contributed by atoms with Gasteiger partial charge in [0, 0.05) is 30.5 Å². The van der Waals surface area contributed by atoms with Gasteiger partial charge in [0.25, 0.3) is 5.91 Å². The van der Waals surface area contributed by atoms with Gasteiger partial charge in [-0.3, -0.25) is 4.79 Å². The first-order chi connectivity index (χ1) is 15.6. The van der Waals surface area contributed by atoms with Gasteiger partial charge in [-0.25, -0.2) is 9.97 Å². The van der Waals surface area contributed by atoms with E-state index in [1.807, 2.05) is 47.9 Å². The Morgan fingerprint density at radius 2 is 2.00 bits per heavy atom. The summed E-state index contributed by atoms with van der Waals surface area (Å²) in [5.74, 6) is 0.964. The lowest BCUT2D eigenvalue weighted by atomic mass is 10.1. The second-order valence-corrected chi connectivity index (χ2v) is 8.03. The van der Waals surface area contributed by atoms with E-state index in [9.17, 15) is 4.79 Å². The quantitative estimate of drug-likeness (QED) is 0.504. The van der Waals surface area contributed by atoms with E-state index in [4.69, 9.17) is 20.4 Å². The summed E-state index contributed by atoms with van der Waals surface area (Å²) in [5, 5.41) is 3.50. The van der Waals surface area contributed by atoms with Gasteiger partial charge in [0.05, 0.1) is 17.8 Å². The van der Waals surface area contributed by atoms with Gasteiger partial charge in [0.1, 0.15) is 11.5 Å². The van der Waals surface area contributed by atoms with Crippen molar-refractivity contribution in [3.05, 3.63) is 82.8 Å². The van der Waals surface area contributed by atoms with E-state index in [0.29, 0.717) is 31.3 Å². The molecule has 3 aromatic heterocycles. The fourth-order valence-corrected chi connectivity index (χ4v) is 4.26. The summed E-state index contributed by atoms with van der Waals surface area (Å²) in [4.78, 5) is 21.8. The Bertz CT molecular complexity index is 1300. The zero-order chi connectivity index (χ0) is 22.1. The molecule has 0 unspecified atom stereocenters. The topological polar surface area (TPSA) is 94.5 Å². The third-order valence-electron chi connectivity index (χ3n) is 5.82. The van der Waals surface area contributed by atoms with Gasteiger partial charge < -0.3 is 20.2 Å². The van der Waals surface area contributed by atoms with Gasteiger partial charge in [-0.05, 0) is 43.0 Å². The van der Waals surface area contributed by atoms with Crippen LogP contribution in [0.15, 0.2) is 54.7 Å². The maximum atomic E-state index is 11.9. The Labute approximate surface area is 186 Å². The van der Waals surface area contributed by atoms with Crippen LogP contribution in [-0.4, -0.2) is 26.9 Å². The molecule has 0 fully saturated rings. The number of nitrogens with zero attached hydrogens (tertiary/aromatic N) is 3. The second-order valence-electron chi connectivity index (χ2n) is 8.03. The molecular weight excluding hydrogens is 402 g/mol. The highest BCUT2D eigenvalue weighted by Gasteiger charge is 2.21. The molecule has 1 aliphatic rings. The number of fused-ring (bicyclic) bond motifs is 2. The van der Waals surface area contributed by atoms with E-state index in [0.717, 1.165) is 46.6 Å². The molecule has 0 radical (unpaired) electrons. The van der Waals surface area contributed by atoms with Crippen molar-refractivity contribution in [2.75, 3.05) is 11.9 Å². The smallest absolute Gasteiger partial charge is 0.265 e. The summed E-state index contributed by atoms with van der Waals surface area (Å²) in [6.07, 6.45) is 3.67. The number of aryl methyl sites for hydroxylation is 2. The van der Waals surface area contributed by atoms with Gasteiger partial charge in [-0.1, -0.05) is 36.4 Å². The number of primary amides is 1. The second kappa shape index (κ2) is 8.43. The zero-order valence-corrected chi connectivity index (χ0v) is 18.0. The molecule has 0 atom stereocenters. The first-order valence-electron chi connectivity index (χ1n) is 10.8. The van der Waals surface area contributed by atoms with Crippen molar-refractivity contribution in [3.8, 4) is 11.4 Å². The molecule has 0 saturated carbocycles. The standard InChI is InChI=1S/C25H25N5O2/c1-16-14-30-20(10-5-11-21(30)23(26)31)22(16)25-28-19-9-6-12-32-15-18(19)24(29-25)27-13-17-7-3-2-4-8-17/h2-5,7-8,10-11,14H,6,9,12-13,15H2,1H3,(H2,26,31)(H,27,28,29). The lowest BCUT2D eigenvalue weighted by Crippen LogP contribution is -2.15. The number of carbonyl (C=O) groups excluding carboxylic acids is 1. The molecule has 0 aliphatic carbocycles. The Balaban J connectivity index is 1.63. The maximum Gasteiger partial charge on any atom is 0.265 e. The molecule has 1 aromatic carbocycles. The molecule has 5 rings (SSSR count). The van der Waals surface area contributed by atoms with Crippen molar-refractivity contribution >= 4 is 17.2 Å². The minimum Gasteiger partial charge on any atom is -0.377 e. The number of ether oxygens (including phenoxy) is 1. The van der Waals surface area contributed by atoms with Crippen molar-refractivity contribution < 1.29 is 9.53 Å². The highest BCUT2D eigenvalue weighted by molar-refractivity contribution is 5.93. The lowest BCUT2D eigenvalue weighted by Gasteiger charge is -2.15. The highest BCUT2D eigenvalue weighted by Crippen LogP contribution is 2.32. The summed E-state index contributed by atoms with van der Waals surface area (Å²) < 4.78 is 7.63. The summed E-state index contributed by atoms with van der Waals surface area (Å²) >= 11 is 0. The molecule has 0 saturated heterocycles. The Kier molecular flexibility index (Phi) is 5.33. The molecule has 32 heavy (non-hydrogen) atoms. The number of pyridine rings is 1. The minimum absolute atomic E-state index is 0.433. The van der Waals surface area contributed by atoms with Crippen molar-refractivity contribution in [2.45, 2.75) is 32.9 Å². The average Bonchev–Trinajstić information content (AvgIpc) is 2.96. The maximum absolute atomic E-state index is 11.9. The monoisotopic (exact) mass is 427 g/mol. The van der Waals surface area contributed by atoms with Crippen molar-refractivity contribution in [1.82, 2.24) is 14.4 Å². The number of nitrogens with one attached hydrogen (secondary N) is 1. The molecular formula is C25H25N5O2. The van der Waals surface area contributed by atoms with E-state index in [2.05, 4.69) is 17.4 Å². The molecule has 162 valence electrons. The highest BCUT2D eigenvalue weighted by atomic mass is 16.5. The number of nitrogens with two attached hydrogens (primary N) is 1. The van der Waals surface area contributed by atoms with Gasteiger partial charge in [-0.2, -0.15) is 0 Å². The van der Waals surface area contributed by atoms with E-state index >= 15 is 0 Å². The van der Waals surface area contributed by atoms with E-state index in [-0.39, 0.29) is 0 Å². The summed E-state index contributed by atoms with van der Waals surface area (Å²) in [6.45, 7) is 3.86. The van der Waals surface area contributed by atoms with E-state index in [1.54, 1.807) is 6.07 Å². The van der Waals surface area contributed by atoms with Crippen LogP contribution in [0.25, 0.3) is 16.9 Å². The molecule has 3 N–H and O–H groups in total. The first-order valence-corrected chi connectivity index (χ1v) is 10.8. The predicted molar refractivity (Wildman–Crippen MR) is 123 cm³/mol. The molecule has 4 aromatic rings. The summed E-state index contributed by atoms with van der Waals surface area (Å²) in [6, 6.07) is 15.8. The number of aromatic nitrogens is 3. The molecule has 7 nitrogen and oxygen atoms in total. The third kappa shape index (κ3) is 3.71. The fraction of sp³-hybridized carbons (Fsp3) is 0.240. The third-order valence-corrected chi connectivity index (χ3v) is 5.82. The van der Waals surface area contributed by atoms with Crippen LogP contribution >= 0.6 is 0 Å². The molecule has 7 heteroatoms. The fourth-order valence-electron chi connectivity index (χ4n) is 4.26. The van der Waals surface area contributed by atoms with Crippen LogP contribution in [0.3, 0.4) is 0 Å². The largest absolute Gasteiger partial charge is 0.377 e. The SMILES string of the molecule is Cc1cn2c(C(N)=O)cccc2c1-c1nc2c(c(NCc3ccccc3)n1)COCCC2. The number of rotatable bonds is 5. The van der Waals surface area contributed by atoms with E-state index < -0.39 is 5.91 Å². The predicted octanol–water partition coefficient (Wildman–Crippen LogP) is 3.88. The van der Waals surface area contributed by atoms with Gasteiger partial charge in [0.15, 0.2) is 5.82 Å². The molecule has 0 spiro atoms. The van der Waals surface area contributed by atoms with Crippen molar-refractivity contribution in [3.63, 3.8) is 0 Å². The minimum atomic E-state index is -0.470. The number of carbonyl (C=O) groups is 1. The zero-order valence-electron chi connectivity index (χ0n) is 18.0. The van der Waals surface area contributed by atoms with Crippen LogP contribution in [0, 0.1) is 6.92 Å². The number of amides is 1. The van der Waals surface area contributed by atoms with Crippen LogP contribution in [0.1, 0.15) is 39.3 Å². The average molecular weight is 428 g/mol. The molecule has 1 aliphatic heterocycles. The van der Waals surface area contributed by atoms with Gasteiger partial charge in [0.2, 0.25) is 0 Å². The van der Waals surface area contributed by atoms with Crippen LogP contribution in [0.2, 0.25) is 0 Å². The number of anilines is 1. The number of benzene rings is 1.